The number of ether oxygens (including phenoxy) is 4. The van der Waals surface area contributed by atoms with Crippen LogP contribution in [-0.4, -0.2) is 66.2 Å². The number of para-hydroxylation sites is 1. The molecule has 0 radical (unpaired) electrons. The molecule has 1 aromatic heterocycles. The molecule has 11 heteroatoms. The van der Waals surface area contributed by atoms with Crippen molar-refractivity contribution in [3.63, 3.8) is 0 Å². The standard InChI is InChI=1S/C34H41N5O6/c1-22(39-28-14-10-9-13-27(28)36-37-39)34(41)38(21-23-15-17-26(42-2)18-16-23)31(33(40)35-25-11-7-6-8-12-25)24-19-29(43-3)32(45-5)30(20-24)44-4/h9-10,13-20,22,25,31H,6-8,11-12,21H2,1-5H3,(H,35,40)/t22-,31+/m0/s1. The van der Waals surface area contributed by atoms with Crippen LogP contribution in [0, 0.1) is 0 Å². The molecular formula is C34H41N5O6. The van der Waals surface area contributed by atoms with Crippen molar-refractivity contribution in [2.75, 3.05) is 28.4 Å². The first-order chi connectivity index (χ1) is 21.9. The Morgan fingerprint density at radius 1 is 0.911 bits per heavy atom. The number of methoxy groups -OCH3 is 4. The zero-order valence-corrected chi connectivity index (χ0v) is 26.5. The Morgan fingerprint density at radius 2 is 1.58 bits per heavy atom. The fourth-order valence-electron chi connectivity index (χ4n) is 6.00. The first-order valence-electron chi connectivity index (χ1n) is 15.2. The van der Waals surface area contributed by atoms with Crippen molar-refractivity contribution in [3.8, 4) is 23.0 Å². The minimum absolute atomic E-state index is 0.0189. The molecule has 1 aliphatic rings. The number of carbonyl (C=O) groups is 2. The molecule has 1 aliphatic carbocycles. The maximum atomic E-state index is 14.7. The predicted octanol–water partition coefficient (Wildman–Crippen LogP) is 5.25. The highest BCUT2D eigenvalue weighted by Crippen LogP contribution is 2.41. The number of amides is 2. The van der Waals surface area contributed by atoms with Crippen LogP contribution in [0.15, 0.2) is 60.7 Å². The van der Waals surface area contributed by atoms with Crippen molar-refractivity contribution >= 4 is 22.8 Å². The third kappa shape index (κ3) is 6.82. The molecular weight excluding hydrogens is 574 g/mol. The number of aromatic nitrogens is 3. The van der Waals surface area contributed by atoms with E-state index in [1.165, 1.54) is 21.3 Å². The largest absolute Gasteiger partial charge is 0.497 e. The lowest BCUT2D eigenvalue weighted by Gasteiger charge is -2.35. The molecule has 238 valence electrons. The number of rotatable bonds is 12. The molecule has 1 N–H and O–H groups in total. The topological polar surface area (TPSA) is 117 Å². The molecule has 5 rings (SSSR count). The molecule has 45 heavy (non-hydrogen) atoms. The highest BCUT2D eigenvalue weighted by atomic mass is 16.5. The Balaban J connectivity index is 1.64. The van der Waals surface area contributed by atoms with Gasteiger partial charge >= 0.3 is 0 Å². The van der Waals surface area contributed by atoms with Gasteiger partial charge in [-0.1, -0.05) is 48.7 Å². The van der Waals surface area contributed by atoms with Gasteiger partial charge in [-0.15, -0.1) is 5.10 Å². The van der Waals surface area contributed by atoms with Gasteiger partial charge in [0, 0.05) is 12.6 Å². The number of hydrogen-bond acceptors (Lipinski definition) is 8. The van der Waals surface area contributed by atoms with Gasteiger partial charge in [0.25, 0.3) is 0 Å². The molecule has 0 aliphatic heterocycles. The minimum Gasteiger partial charge on any atom is -0.497 e. The number of benzene rings is 3. The molecule has 4 aromatic rings. The summed E-state index contributed by atoms with van der Waals surface area (Å²) in [6.07, 6.45) is 5.02. The van der Waals surface area contributed by atoms with Gasteiger partial charge in [0.05, 0.1) is 34.0 Å². The molecule has 0 unspecified atom stereocenters. The summed E-state index contributed by atoms with van der Waals surface area (Å²) in [6.45, 7) is 1.91. The fourth-order valence-corrected chi connectivity index (χ4v) is 6.00. The molecule has 2 amide bonds. The molecule has 3 aromatic carbocycles. The van der Waals surface area contributed by atoms with Gasteiger partial charge in [-0.25, -0.2) is 4.68 Å². The summed E-state index contributed by atoms with van der Waals surface area (Å²) in [7, 11) is 6.18. The molecule has 1 heterocycles. The van der Waals surface area contributed by atoms with Gasteiger partial charge in [0.1, 0.15) is 23.3 Å². The van der Waals surface area contributed by atoms with E-state index in [9.17, 15) is 9.59 Å². The first kappa shape index (κ1) is 31.6. The Hall–Kier alpha value is -4.80. The van der Waals surface area contributed by atoms with Gasteiger partial charge in [-0.3, -0.25) is 9.59 Å². The minimum atomic E-state index is -1.03. The van der Waals surface area contributed by atoms with E-state index in [4.69, 9.17) is 18.9 Å². The van der Waals surface area contributed by atoms with E-state index in [1.807, 2.05) is 48.5 Å². The van der Waals surface area contributed by atoms with Crippen molar-refractivity contribution in [1.82, 2.24) is 25.2 Å². The number of hydrogen-bond donors (Lipinski definition) is 1. The summed E-state index contributed by atoms with van der Waals surface area (Å²) < 4.78 is 23.9. The van der Waals surface area contributed by atoms with Crippen LogP contribution >= 0.6 is 0 Å². The van der Waals surface area contributed by atoms with Gasteiger partial charge in [0.2, 0.25) is 17.6 Å². The van der Waals surface area contributed by atoms with Crippen molar-refractivity contribution in [2.24, 2.45) is 0 Å². The van der Waals surface area contributed by atoms with E-state index in [1.54, 1.807) is 35.7 Å². The SMILES string of the molecule is COc1ccc(CN(C(=O)[C@H](C)n2nnc3ccccc32)[C@@H](C(=O)NC2CCCCC2)c2cc(OC)c(OC)c(OC)c2)cc1. The van der Waals surface area contributed by atoms with Gasteiger partial charge in [-0.05, 0) is 67.3 Å². The van der Waals surface area contributed by atoms with Gasteiger partial charge < -0.3 is 29.2 Å². The summed E-state index contributed by atoms with van der Waals surface area (Å²) in [5.74, 6) is 1.26. The van der Waals surface area contributed by atoms with E-state index >= 15 is 0 Å². The lowest BCUT2D eigenvalue weighted by molar-refractivity contribution is -0.144. The number of nitrogens with zero attached hydrogens (tertiary/aromatic N) is 4. The molecule has 1 fully saturated rings. The zero-order chi connectivity index (χ0) is 31.9. The quantitative estimate of drug-likeness (QED) is 0.230. The highest BCUT2D eigenvalue weighted by molar-refractivity contribution is 5.91. The average molecular weight is 616 g/mol. The smallest absolute Gasteiger partial charge is 0.248 e. The molecule has 0 spiro atoms. The highest BCUT2D eigenvalue weighted by Gasteiger charge is 2.37. The third-order valence-corrected chi connectivity index (χ3v) is 8.41. The second-order valence-corrected chi connectivity index (χ2v) is 11.2. The number of carbonyl (C=O) groups excluding carboxylic acids is 2. The zero-order valence-electron chi connectivity index (χ0n) is 26.5. The van der Waals surface area contributed by atoms with Crippen molar-refractivity contribution in [2.45, 2.75) is 63.7 Å². The monoisotopic (exact) mass is 615 g/mol. The maximum absolute atomic E-state index is 14.7. The lowest BCUT2D eigenvalue weighted by atomic mass is 9.94. The summed E-state index contributed by atoms with van der Waals surface area (Å²) in [6, 6.07) is 16.6. The van der Waals surface area contributed by atoms with Crippen LogP contribution in [0.2, 0.25) is 0 Å². The third-order valence-electron chi connectivity index (χ3n) is 8.41. The van der Waals surface area contributed by atoms with Crippen LogP contribution in [0.1, 0.15) is 62.2 Å². The lowest BCUT2D eigenvalue weighted by Crippen LogP contribution is -2.48. The summed E-state index contributed by atoms with van der Waals surface area (Å²) in [5.41, 5.74) is 2.74. The normalized spacial score (nSPS) is 14.8. The van der Waals surface area contributed by atoms with Crippen molar-refractivity contribution in [1.29, 1.82) is 0 Å². The second-order valence-electron chi connectivity index (χ2n) is 11.2. The van der Waals surface area contributed by atoms with Crippen LogP contribution in [0.4, 0.5) is 0 Å². The molecule has 0 bridgehead atoms. The Bertz CT molecular complexity index is 1590. The van der Waals surface area contributed by atoms with Crippen LogP contribution in [0.3, 0.4) is 0 Å². The summed E-state index contributed by atoms with van der Waals surface area (Å²) in [5, 5.41) is 11.9. The second kappa shape index (κ2) is 14.3. The van der Waals surface area contributed by atoms with E-state index in [2.05, 4.69) is 15.6 Å². The van der Waals surface area contributed by atoms with Crippen LogP contribution in [0.5, 0.6) is 23.0 Å². The van der Waals surface area contributed by atoms with Crippen molar-refractivity contribution < 1.29 is 28.5 Å². The maximum Gasteiger partial charge on any atom is 0.248 e. The molecule has 1 saturated carbocycles. The first-order valence-corrected chi connectivity index (χ1v) is 15.2. The number of fused-ring (bicyclic) bond motifs is 1. The van der Waals surface area contributed by atoms with E-state index < -0.39 is 12.1 Å². The molecule has 2 atom stereocenters. The van der Waals surface area contributed by atoms with Crippen molar-refractivity contribution in [3.05, 3.63) is 71.8 Å². The van der Waals surface area contributed by atoms with Gasteiger partial charge in [-0.2, -0.15) is 0 Å². The van der Waals surface area contributed by atoms with Crippen LogP contribution in [-0.2, 0) is 16.1 Å². The Morgan fingerprint density at radius 3 is 2.20 bits per heavy atom. The Kier molecular flexibility index (Phi) is 10.1. The number of nitrogens with one attached hydrogen (secondary N) is 1. The van der Waals surface area contributed by atoms with E-state index in [-0.39, 0.29) is 24.4 Å². The molecule has 0 saturated heterocycles. The molecule has 11 nitrogen and oxygen atoms in total. The Labute approximate surface area is 263 Å². The summed E-state index contributed by atoms with van der Waals surface area (Å²) in [4.78, 5) is 30.8. The van der Waals surface area contributed by atoms with E-state index in [0.29, 0.717) is 34.1 Å². The van der Waals surface area contributed by atoms with Gasteiger partial charge in [0.15, 0.2) is 11.5 Å². The van der Waals surface area contributed by atoms with E-state index in [0.717, 1.165) is 43.2 Å². The summed E-state index contributed by atoms with van der Waals surface area (Å²) >= 11 is 0. The predicted molar refractivity (Wildman–Crippen MR) is 170 cm³/mol. The van der Waals surface area contributed by atoms with Crippen LogP contribution in [0.25, 0.3) is 11.0 Å². The average Bonchev–Trinajstić information content (AvgIpc) is 3.51. The van der Waals surface area contributed by atoms with Crippen LogP contribution < -0.4 is 24.3 Å². The fraction of sp³-hybridized carbons (Fsp3) is 0.412.